The number of hydrogen-bond donors (Lipinski definition) is 0. The Morgan fingerprint density at radius 1 is 0.868 bits per heavy atom. The maximum atomic E-state index is 6.56. The van der Waals surface area contributed by atoms with Crippen molar-refractivity contribution in [2.45, 2.75) is 19.3 Å². The fourth-order valence-electron chi connectivity index (χ4n) is 6.10. The SMILES string of the molecule is CC1CC=Cc2c1sc1c(-c3ccccc3)nc(-c3cc4cccc5c4c4c3oc3cccc(c34)O5)nc21. The molecule has 0 radical (unpaired) electrons. The molecule has 0 N–H and O–H groups in total. The van der Waals surface area contributed by atoms with Crippen LogP contribution in [0, 0.1) is 0 Å². The molecule has 0 saturated heterocycles. The largest absolute Gasteiger partial charge is 0.456 e. The summed E-state index contributed by atoms with van der Waals surface area (Å²) in [6.07, 6.45) is 5.56. The van der Waals surface area contributed by atoms with Crippen LogP contribution in [0.25, 0.3) is 71.6 Å². The summed E-state index contributed by atoms with van der Waals surface area (Å²) < 4.78 is 14.0. The number of furan rings is 1. The maximum absolute atomic E-state index is 6.56. The smallest absolute Gasteiger partial charge is 0.164 e. The molecule has 2 aliphatic rings. The van der Waals surface area contributed by atoms with Gasteiger partial charge in [-0.1, -0.05) is 67.6 Å². The van der Waals surface area contributed by atoms with E-state index in [1.807, 2.05) is 47.7 Å². The van der Waals surface area contributed by atoms with Crippen molar-refractivity contribution in [3.8, 4) is 34.1 Å². The molecule has 0 fully saturated rings. The first-order chi connectivity index (χ1) is 18.7. The minimum absolute atomic E-state index is 0.471. The van der Waals surface area contributed by atoms with Gasteiger partial charge in [-0.15, -0.1) is 11.3 Å². The summed E-state index contributed by atoms with van der Waals surface area (Å²) in [5.74, 6) is 2.83. The number of aromatic nitrogens is 2. The first-order valence-electron chi connectivity index (χ1n) is 12.9. The maximum Gasteiger partial charge on any atom is 0.164 e. The Balaban J connectivity index is 1.44. The zero-order valence-corrected chi connectivity index (χ0v) is 21.3. The van der Waals surface area contributed by atoms with Crippen molar-refractivity contribution in [3.05, 3.63) is 89.3 Å². The van der Waals surface area contributed by atoms with E-state index in [0.29, 0.717) is 11.7 Å². The second-order valence-corrected chi connectivity index (χ2v) is 11.2. The fraction of sp³-hybridized carbons (Fsp3) is 0.0909. The lowest BCUT2D eigenvalue weighted by molar-refractivity contribution is 0.492. The van der Waals surface area contributed by atoms with Crippen molar-refractivity contribution >= 4 is 60.3 Å². The summed E-state index contributed by atoms with van der Waals surface area (Å²) in [4.78, 5) is 11.9. The first kappa shape index (κ1) is 20.6. The molecule has 0 amide bonds. The van der Waals surface area contributed by atoms with E-state index in [-0.39, 0.29) is 0 Å². The molecule has 1 aliphatic carbocycles. The van der Waals surface area contributed by atoms with Gasteiger partial charge in [-0.05, 0) is 42.0 Å². The van der Waals surface area contributed by atoms with Gasteiger partial charge in [0.2, 0.25) is 0 Å². The summed E-state index contributed by atoms with van der Waals surface area (Å²) in [6.45, 7) is 2.30. The Morgan fingerprint density at radius 2 is 1.71 bits per heavy atom. The molecular weight excluding hydrogens is 488 g/mol. The Labute approximate surface area is 221 Å². The van der Waals surface area contributed by atoms with Crippen molar-refractivity contribution in [1.82, 2.24) is 9.97 Å². The summed E-state index contributed by atoms with van der Waals surface area (Å²) in [6, 6.07) is 24.8. The average Bonchev–Trinajstić information content (AvgIpc) is 3.54. The van der Waals surface area contributed by atoms with Crippen LogP contribution in [0.2, 0.25) is 0 Å². The summed E-state index contributed by atoms with van der Waals surface area (Å²) >= 11 is 1.84. The van der Waals surface area contributed by atoms with Crippen LogP contribution >= 0.6 is 11.3 Å². The number of fused-ring (bicyclic) bond motifs is 3. The number of thiophene rings is 1. The van der Waals surface area contributed by atoms with Gasteiger partial charge in [-0.2, -0.15) is 0 Å². The van der Waals surface area contributed by atoms with Gasteiger partial charge in [0.15, 0.2) is 5.82 Å². The lowest BCUT2D eigenvalue weighted by Gasteiger charge is -2.16. The van der Waals surface area contributed by atoms with Crippen LogP contribution in [0.1, 0.15) is 29.7 Å². The number of hydrogen-bond acceptors (Lipinski definition) is 5. The number of allylic oxidation sites excluding steroid dienone is 1. The van der Waals surface area contributed by atoms with Gasteiger partial charge >= 0.3 is 0 Å². The number of rotatable bonds is 2. The lowest BCUT2D eigenvalue weighted by Crippen LogP contribution is -1.98. The van der Waals surface area contributed by atoms with Gasteiger partial charge in [0.05, 0.1) is 26.9 Å². The lowest BCUT2D eigenvalue weighted by atomic mass is 9.95. The van der Waals surface area contributed by atoms with Crippen molar-refractivity contribution < 1.29 is 9.15 Å². The molecule has 1 atom stereocenters. The Hall–Kier alpha value is -4.48. The predicted molar refractivity (Wildman–Crippen MR) is 155 cm³/mol. The summed E-state index contributed by atoms with van der Waals surface area (Å²) in [5.41, 5.74) is 6.84. The monoisotopic (exact) mass is 508 g/mol. The fourth-order valence-corrected chi connectivity index (χ4v) is 7.41. The molecule has 1 unspecified atom stereocenters. The Bertz CT molecular complexity index is 2150. The van der Waals surface area contributed by atoms with Crippen LogP contribution in [-0.2, 0) is 0 Å². The molecule has 5 heteroatoms. The highest BCUT2D eigenvalue weighted by Crippen LogP contribution is 2.51. The van der Waals surface area contributed by atoms with Gasteiger partial charge < -0.3 is 9.15 Å². The molecule has 7 aromatic rings. The molecule has 38 heavy (non-hydrogen) atoms. The molecule has 180 valence electrons. The molecule has 4 aromatic carbocycles. The van der Waals surface area contributed by atoms with Crippen molar-refractivity contribution in [3.63, 3.8) is 0 Å². The molecule has 0 saturated carbocycles. The third kappa shape index (κ3) is 2.64. The van der Waals surface area contributed by atoms with E-state index in [2.05, 4.69) is 55.5 Å². The van der Waals surface area contributed by atoms with E-state index in [0.717, 1.165) is 77.7 Å². The van der Waals surface area contributed by atoms with Crippen LogP contribution in [0.15, 0.2) is 83.3 Å². The zero-order chi connectivity index (χ0) is 25.0. The molecular formula is C33H20N2O2S. The van der Waals surface area contributed by atoms with E-state index < -0.39 is 0 Å². The van der Waals surface area contributed by atoms with Crippen LogP contribution in [0.5, 0.6) is 11.5 Å². The van der Waals surface area contributed by atoms with Crippen molar-refractivity contribution in [1.29, 1.82) is 0 Å². The van der Waals surface area contributed by atoms with E-state index >= 15 is 0 Å². The van der Waals surface area contributed by atoms with Crippen molar-refractivity contribution in [2.24, 2.45) is 0 Å². The minimum Gasteiger partial charge on any atom is -0.456 e. The van der Waals surface area contributed by atoms with Crippen LogP contribution in [-0.4, -0.2) is 9.97 Å². The van der Waals surface area contributed by atoms with Gasteiger partial charge in [-0.25, -0.2) is 9.97 Å². The number of benzene rings is 4. The molecule has 0 bridgehead atoms. The van der Waals surface area contributed by atoms with Crippen LogP contribution in [0.4, 0.5) is 0 Å². The van der Waals surface area contributed by atoms with Crippen molar-refractivity contribution in [2.75, 3.05) is 0 Å². The van der Waals surface area contributed by atoms with E-state index in [1.54, 1.807) is 0 Å². The predicted octanol–water partition coefficient (Wildman–Crippen LogP) is 9.70. The standard InChI is InChI=1S/C33H20N2O2S/c1-17-8-5-12-20-29-32(38-31(17)20)28(18-9-3-2-4-10-18)34-33(35-29)21-16-19-11-6-13-22-25(19)27-26-23(36-22)14-7-15-24(26)37-30(21)27/h2-7,9-17H,8H2,1H3. The molecule has 0 spiro atoms. The number of nitrogens with zero attached hydrogens (tertiary/aromatic N) is 2. The first-order valence-corrected chi connectivity index (χ1v) is 13.7. The minimum atomic E-state index is 0.471. The van der Waals surface area contributed by atoms with Gasteiger partial charge in [0.1, 0.15) is 22.7 Å². The normalized spacial score (nSPS) is 15.8. The highest BCUT2D eigenvalue weighted by molar-refractivity contribution is 7.20. The van der Waals surface area contributed by atoms with Crippen LogP contribution < -0.4 is 4.74 Å². The van der Waals surface area contributed by atoms with E-state index in [4.69, 9.17) is 19.1 Å². The zero-order valence-electron chi connectivity index (χ0n) is 20.5. The second kappa shape index (κ2) is 7.30. The third-order valence-electron chi connectivity index (χ3n) is 7.86. The number of ether oxygens (including phenoxy) is 1. The quantitative estimate of drug-likeness (QED) is 0.233. The van der Waals surface area contributed by atoms with E-state index in [9.17, 15) is 0 Å². The summed E-state index contributed by atoms with van der Waals surface area (Å²) in [7, 11) is 0. The van der Waals surface area contributed by atoms with E-state index in [1.165, 1.54) is 10.4 Å². The van der Waals surface area contributed by atoms with Crippen LogP contribution in [0.3, 0.4) is 0 Å². The second-order valence-electron chi connectivity index (χ2n) is 10.2. The molecule has 9 rings (SSSR count). The summed E-state index contributed by atoms with van der Waals surface area (Å²) in [5, 5.41) is 4.27. The Morgan fingerprint density at radius 3 is 2.61 bits per heavy atom. The highest BCUT2D eigenvalue weighted by Gasteiger charge is 2.28. The molecule has 4 heterocycles. The topological polar surface area (TPSA) is 48.2 Å². The molecule has 3 aromatic heterocycles. The average molecular weight is 509 g/mol. The molecule has 1 aliphatic heterocycles. The molecule has 4 nitrogen and oxygen atoms in total. The third-order valence-corrected chi connectivity index (χ3v) is 9.29. The van der Waals surface area contributed by atoms with Gasteiger partial charge in [0, 0.05) is 26.8 Å². The Kier molecular flexibility index (Phi) is 3.95. The van der Waals surface area contributed by atoms with Gasteiger partial charge in [0.25, 0.3) is 0 Å². The van der Waals surface area contributed by atoms with Gasteiger partial charge in [-0.3, -0.25) is 0 Å². The highest BCUT2D eigenvalue weighted by atomic mass is 32.1.